The molecule has 1 amide bonds. The summed E-state index contributed by atoms with van der Waals surface area (Å²) in [5.41, 5.74) is 3.00. The monoisotopic (exact) mass is 343 g/mol. The van der Waals surface area contributed by atoms with Crippen LogP contribution in [0.15, 0.2) is 35.6 Å². The fourth-order valence-electron chi connectivity index (χ4n) is 1.91. The number of ether oxygens (including phenoxy) is 1. The normalized spacial score (nSPS) is 10.6. The Bertz CT molecular complexity index is 818. The zero-order valence-electron chi connectivity index (χ0n) is 13.6. The lowest BCUT2D eigenvalue weighted by Crippen LogP contribution is -2.17. The first kappa shape index (κ1) is 17.9. The number of carbonyl (C=O) groups is 1. The van der Waals surface area contributed by atoms with Crippen LogP contribution in [0, 0.1) is 17.0 Å². The molecule has 2 rings (SSSR count). The quantitative estimate of drug-likeness (QED) is 0.481. The van der Waals surface area contributed by atoms with Gasteiger partial charge in [-0.2, -0.15) is 5.10 Å². The Morgan fingerprint density at radius 3 is 2.80 bits per heavy atom. The molecule has 0 spiro atoms. The van der Waals surface area contributed by atoms with Gasteiger partial charge in [-0.15, -0.1) is 0 Å². The molecule has 0 unspecified atom stereocenters. The van der Waals surface area contributed by atoms with Crippen LogP contribution in [-0.4, -0.2) is 28.6 Å². The number of aromatic nitrogens is 1. The highest BCUT2D eigenvalue weighted by Gasteiger charge is 2.13. The highest BCUT2D eigenvalue weighted by Crippen LogP contribution is 2.34. The summed E-state index contributed by atoms with van der Waals surface area (Å²) in [6.45, 7) is 3.63. The van der Waals surface area contributed by atoms with Crippen molar-refractivity contribution in [3.05, 3.63) is 57.4 Å². The van der Waals surface area contributed by atoms with Crippen molar-refractivity contribution >= 4 is 17.8 Å². The SMILES string of the molecule is CCOc1cc(C=NNC(=O)c2ccc(C)nc2)cc([N+](=O)[O-])c1[O-]. The van der Waals surface area contributed by atoms with Crippen molar-refractivity contribution in [3.8, 4) is 11.5 Å². The summed E-state index contributed by atoms with van der Waals surface area (Å²) in [6.07, 6.45) is 2.60. The Morgan fingerprint density at radius 2 is 2.20 bits per heavy atom. The minimum Gasteiger partial charge on any atom is -0.865 e. The number of nitro groups is 1. The van der Waals surface area contributed by atoms with Crippen molar-refractivity contribution in [1.29, 1.82) is 0 Å². The molecule has 1 N–H and O–H groups in total. The fourth-order valence-corrected chi connectivity index (χ4v) is 1.91. The van der Waals surface area contributed by atoms with Gasteiger partial charge < -0.3 is 9.84 Å². The number of aryl methyl sites for hydroxylation is 1. The van der Waals surface area contributed by atoms with Crippen LogP contribution in [0.2, 0.25) is 0 Å². The van der Waals surface area contributed by atoms with Crippen LogP contribution in [0.3, 0.4) is 0 Å². The number of hydrogen-bond donors (Lipinski definition) is 1. The minimum absolute atomic E-state index is 0.146. The Kier molecular flexibility index (Phi) is 5.62. The zero-order chi connectivity index (χ0) is 18.4. The molecule has 9 nitrogen and oxygen atoms in total. The summed E-state index contributed by atoms with van der Waals surface area (Å²) in [5, 5.41) is 26.6. The van der Waals surface area contributed by atoms with Crippen molar-refractivity contribution in [2.45, 2.75) is 13.8 Å². The molecule has 130 valence electrons. The number of nitro benzene ring substituents is 1. The number of benzene rings is 1. The number of nitrogens with one attached hydrogen (secondary N) is 1. The third kappa shape index (κ3) is 4.50. The molecule has 0 aliphatic heterocycles. The van der Waals surface area contributed by atoms with Crippen LogP contribution in [0.5, 0.6) is 11.5 Å². The van der Waals surface area contributed by atoms with Gasteiger partial charge in [-0.3, -0.25) is 19.9 Å². The lowest BCUT2D eigenvalue weighted by Gasteiger charge is -2.14. The standard InChI is InChI=1S/C16H16N4O5/c1-3-25-14-7-11(6-13(15(14)21)20(23)24)8-18-19-16(22)12-5-4-10(2)17-9-12/h4-9,21H,3H2,1-2H3,(H,19,22)/p-1. The van der Waals surface area contributed by atoms with Gasteiger partial charge in [-0.1, -0.05) is 0 Å². The lowest BCUT2D eigenvalue weighted by molar-refractivity contribution is -0.398. The molecule has 0 aliphatic rings. The highest BCUT2D eigenvalue weighted by molar-refractivity contribution is 5.94. The molecule has 0 aliphatic carbocycles. The first-order valence-corrected chi connectivity index (χ1v) is 7.30. The van der Waals surface area contributed by atoms with Crippen molar-refractivity contribution < 1.29 is 19.6 Å². The molecule has 0 saturated heterocycles. The summed E-state index contributed by atoms with van der Waals surface area (Å²) in [4.78, 5) is 26.1. The summed E-state index contributed by atoms with van der Waals surface area (Å²) < 4.78 is 5.10. The van der Waals surface area contributed by atoms with E-state index in [1.54, 1.807) is 26.0 Å². The predicted molar refractivity (Wildman–Crippen MR) is 87.7 cm³/mol. The minimum atomic E-state index is -0.807. The summed E-state index contributed by atoms with van der Waals surface area (Å²) in [6, 6.07) is 5.66. The maximum atomic E-state index is 11.9. The zero-order valence-corrected chi connectivity index (χ0v) is 13.6. The van der Waals surface area contributed by atoms with Gasteiger partial charge in [0.05, 0.1) is 23.3 Å². The maximum absolute atomic E-state index is 11.9. The van der Waals surface area contributed by atoms with Gasteiger partial charge in [0.25, 0.3) is 11.6 Å². The van der Waals surface area contributed by atoms with E-state index in [1.165, 1.54) is 18.5 Å². The van der Waals surface area contributed by atoms with E-state index >= 15 is 0 Å². The van der Waals surface area contributed by atoms with E-state index in [4.69, 9.17) is 4.74 Å². The molecule has 0 saturated carbocycles. The van der Waals surface area contributed by atoms with Gasteiger partial charge in [0.2, 0.25) is 0 Å². The second-order valence-electron chi connectivity index (χ2n) is 4.94. The average molecular weight is 343 g/mol. The van der Waals surface area contributed by atoms with E-state index in [0.29, 0.717) is 5.56 Å². The van der Waals surface area contributed by atoms with E-state index < -0.39 is 22.3 Å². The number of carbonyl (C=O) groups excluding carboxylic acids is 1. The van der Waals surface area contributed by atoms with Gasteiger partial charge >= 0.3 is 0 Å². The van der Waals surface area contributed by atoms with Gasteiger partial charge in [-0.05, 0) is 32.0 Å². The van der Waals surface area contributed by atoms with E-state index in [2.05, 4.69) is 15.5 Å². The van der Waals surface area contributed by atoms with Crippen molar-refractivity contribution in [3.63, 3.8) is 0 Å². The number of hydrogen-bond acceptors (Lipinski definition) is 7. The van der Waals surface area contributed by atoms with E-state index in [9.17, 15) is 20.0 Å². The largest absolute Gasteiger partial charge is 0.865 e. The lowest BCUT2D eigenvalue weighted by atomic mass is 10.2. The molecule has 0 fully saturated rings. The van der Waals surface area contributed by atoms with Gasteiger partial charge in [-0.25, -0.2) is 5.43 Å². The third-order valence-electron chi connectivity index (χ3n) is 3.11. The van der Waals surface area contributed by atoms with Crippen LogP contribution < -0.4 is 15.3 Å². The Balaban J connectivity index is 2.18. The molecule has 0 atom stereocenters. The molecule has 0 bridgehead atoms. The highest BCUT2D eigenvalue weighted by atomic mass is 16.6. The Labute approximate surface area is 143 Å². The number of pyridine rings is 1. The number of nitrogens with zero attached hydrogens (tertiary/aromatic N) is 3. The van der Waals surface area contributed by atoms with Crippen molar-refractivity contribution in [2.24, 2.45) is 5.10 Å². The smallest absolute Gasteiger partial charge is 0.272 e. The molecule has 0 radical (unpaired) electrons. The van der Waals surface area contributed by atoms with E-state index in [-0.39, 0.29) is 17.9 Å². The summed E-state index contributed by atoms with van der Waals surface area (Å²) in [5.74, 6) is -1.44. The van der Waals surface area contributed by atoms with Gasteiger partial charge in [0.1, 0.15) is 5.75 Å². The van der Waals surface area contributed by atoms with Crippen molar-refractivity contribution in [1.82, 2.24) is 10.4 Å². The molecule has 1 aromatic carbocycles. The number of amides is 1. The second-order valence-corrected chi connectivity index (χ2v) is 4.94. The fraction of sp³-hybridized carbons (Fsp3) is 0.188. The number of hydrazone groups is 1. The van der Waals surface area contributed by atoms with Crippen LogP contribution >= 0.6 is 0 Å². The second kappa shape index (κ2) is 7.86. The van der Waals surface area contributed by atoms with Crippen LogP contribution in [-0.2, 0) is 0 Å². The molecular weight excluding hydrogens is 328 g/mol. The average Bonchev–Trinajstić information content (AvgIpc) is 2.58. The van der Waals surface area contributed by atoms with Crippen LogP contribution in [0.25, 0.3) is 0 Å². The van der Waals surface area contributed by atoms with Crippen LogP contribution in [0.4, 0.5) is 5.69 Å². The molecular formula is C16H15N4O5-. The maximum Gasteiger partial charge on any atom is 0.272 e. The molecule has 25 heavy (non-hydrogen) atoms. The van der Waals surface area contributed by atoms with E-state index in [1.807, 2.05) is 0 Å². The summed E-state index contributed by atoms with van der Waals surface area (Å²) >= 11 is 0. The first-order chi connectivity index (χ1) is 11.9. The molecule has 1 aromatic heterocycles. The van der Waals surface area contributed by atoms with Crippen LogP contribution in [0.1, 0.15) is 28.5 Å². The molecule has 1 heterocycles. The van der Waals surface area contributed by atoms with Gasteiger partial charge in [0, 0.05) is 29.3 Å². The predicted octanol–water partition coefficient (Wildman–Crippen LogP) is 1.53. The Morgan fingerprint density at radius 1 is 1.44 bits per heavy atom. The topological polar surface area (TPSA) is 130 Å². The summed E-state index contributed by atoms with van der Waals surface area (Å²) in [7, 11) is 0. The van der Waals surface area contributed by atoms with E-state index in [0.717, 1.165) is 11.8 Å². The number of rotatable bonds is 6. The first-order valence-electron chi connectivity index (χ1n) is 7.30. The van der Waals surface area contributed by atoms with Gasteiger partial charge in [0.15, 0.2) is 0 Å². The molecule has 2 aromatic rings. The van der Waals surface area contributed by atoms with Crippen molar-refractivity contribution in [2.75, 3.05) is 6.61 Å². The third-order valence-corrected chi connectivity index (χ3v) is 3.11. The Hall–Kier alpha value is -3.49. The molecule has 9 heteroatoms.